The van der Waals surface area contributed by atoms with Gasteiger partial charge in [-0.2, -0.15) is 0 Å². The first-order valence-corrected chi connectivity index (χ1v) is 6.02. The normalized spacial score (nSPS) is 20.7. The van der Waals surface area contributed by atoms with Crippen molar-refractivity contribution in [3.8, 4) is 5.75 Å². The second-order valence-corrected chi connectivity index (χ2v) is 4.85. The number of ether oxygens (including phenoxy) is 1. The van der Waals surface area contributed by atoms with Crippen LogP contribution >= 0.6 is 0 Å². The van der Waals surface area contributed by atoms with Gasteiger partial charge in [-0.15, -0.1) is 0 Å². The highest BCUT2D eigenvalue weighted by molar-refractivity contribution is 5.96. The summed E-state index contributed by atoms with van der Waals surface area (Å²) in [5, 5.41) is 10.4. The number of nitrogens with one attached hydrogen (secondary N) is 2. The second kappa shape index (κ2) is 3.73. The Labute approximate surface area is 105 Å². The molecule has 0 radical (unpaired) electrons. The molecular formula is C13H15N3O2. The topological polar surface area (TPSA) is 88.2 Å². The number of fused-ring (bicyclic) bond motifs is 3. The van der Waals surface area contributed by atoms with Gasteiger partial charge in [0.25, 0.3) is 0 Å². The Morgan fingerprint density at radius 2 is 2.33 bits per heavy atom. The van der Waals surface area contributed by atoms with E-state index in [1.807, 2.05) is 13.0 Å². The van der Waals surface area contributed by atoms with Crippen LogP contribution < -0.4 is 15.8 Å². The van der Waals surface area contributed by atoms with Crippen LogP contribution in [0.4, 0.5) is 5.69 Å². The molecule has 2 aliphatic rings. The first-order chi connectivity index (χ1) is 8.56. The van der Waals surface area contributed by atoms with Gasteiger partial charge in [0.1, 0.15) is 11.6 Å². The number of amides is 1. The molecule has 1 atom stereocenters. The third kappa shape index (κ3) is 1.54. The van der Waals surface area contributed by atoms with Crippen molar-refractivity contribution in [1.29, 1.82) is 5.41 Å². The van der Waals surface area contributed by atoms with Crippen LogP contribution in [0.15, 0.2) is 6.07 Å². The van der Waals surface area contributed by atoms with Crippen LogP contribution in [0.3, 0.4) is 0 Å². The summed E-state index contributed by atoms with van der Waals surface area (Å²) < 4.78 is 5.76. The fraction of sp³-hybridized carbons (Fsp3) is 0.385. The van der Waals surface area contributed by atoms with Crippen molar-refractivity contribution in [2.75, 3.05) is 5.32 Å². The number of aryl methyl sites for hydroxylation is 1. The van der Waals surface area contributed by atoms with Crippen LogP contribution in [0.25, 0.3) is 0 Å². The van der Waals surface area contributed by atoms with Gasteiger partial charge in [-0.3, -0.25) is 10.2 Å². The Hall–Kier alpha value is -2.04. The van der Waals surface area contributed by atoms with Gasteiger partial charge in [0.15, 0.2) is 6.10 Å². The molecule has 0 aliphatic carbocycles. The Kier molecular flexibility index (Phi) is 2.29. The van der Waals surface area contributed by atoms with E-state index in [1.165, 1.54) is 0 Å². The molecule has 1 aromatic rings. The monoisotopic (exact) mass is 245 g/mol. The maximum atomic E-state index is 11.4. The largest absolute Gasteiger partial charge is 0.482 e. The van der Waals surface area contributed by atoms with Crippen LogP contribution in [0.1, 0.15) is 23.1 Å². The molecule has 0 fully saturated rings. The van der Waals surface area contributed by atoms with Gasteiger partial charge in [-0.1, -0.05) is 6.07 Å². The summed E-state index contributed by atoms with van der Waals surface area (Å²) in [5.74, 6) is 0.917. The molecule has 0 saturated carbocycles. The highest BCUT2D eigenvalue weighted by Gasteiger charge is 2.31. The molecule has 1 aromatic carbocycles. The van der Waals surface area contributed by atoms with Gasteiger partial charge in [0, 0.05) is 18.4 Å². The summed E-state index contributed by atoms with van der Waals surface area (Å²) >= 11 is 0. The van der Waals surface area contributed by atoms with Crippen molar-refractivity contribution in [3.05, 3.63) is 22.8 Å². The zero-order chi connectivity index (χ0) is 12.9. The lowest BCUT2D eigenvalue weighted by atomic mass is 9.94. The fourth-order valence-electron chi connectivity index (χ4n) is 2.65. The number of nitrogens with two attached hydrogens (primary N) is 1. The molecule has 5 heteroatoms. The fourth-order valence-corrected chi connectivity index (χ4v) is 2.65. The maximum Gasteiger partial charge on any atom is 0.224 e. The number of hydrogen-bond acceptors (Lipinski definition) is 3. The molecule has 2 heterocycles. The van der Waals surface area contributed by atoms with E-state index in [-0.39, 0.29) is 17.8 Å². The maximum absolute atomic E-state index is 11.4. The third-order valence-electron chi connectivity index (χ3n) is 3.53. The molecule has 1 unspecified atom stereocenters. The Morgan fingerprint density at radius 3 is 3.06 bits per heavy atom. The zero-order valence-electron chi connectivity index (χ0n) is 10.2. The minimum Gasteiger partial charge on any atom is -0.482 e. The van der Waals surface area contributed by atoms with Crippen LogP contribution in [-0.4, -0.2) is 17.8 Å². The lowest BCUT2D eigenvalue weighted by Gasteiger charge is -2.21. The summed E-state index contributed by atoms with van der Waals surface area (Å²) in [6.07, 6.45) is 1.46. The van der Waals surface area contributed by atoms with E-state index in [0.29, 0.717) is 19.3 Å². The lowest BCUT2D eigenvalue weighted by molar-refractivity contribution is -0.116. The van der Waals surface area contributed by atoms with E-state index in [9.17, 15) is 4.79 Å². The van der Waals surface area contributed by atoms with Crippen molar-refractivity contribution < 1.29 is 9.53 Å². The minimum atomic E-state index is -0.358. The first-order valence-electron chi connectivity index (χ1n) is 6.02. The van der Waals surface area contributed by atoms with Gasteiger partial charge in [-0.05, 0) is 24.5 Å². The van der Waals surface area contributed by atoms with Gasteiger partial charge >= 0.3 is 0 Å². The molecule has 1 amide bonds. The van der Waals surface area contributed by atoms with Crippen molar-refractivity contribution in [2.45, 2.75) is 32.3 Å². The molecule has 94 valence electrons. The highest BCUT2D eigenvalue weighted by Crippen LogP contribution is 2.41. The van der Waals surface area contributed by atoms with Crippen LogP contribution in [-0.2, 0) is 17.6 Å². The average molecular weight is 245 g/mol. The standard InChI is InChI=1S/C13H15N3O2/c1-6-4-7-5-9(13(14)15)18-12(7)8-2-3-10(17)16-11(6)8/h4,9H,2-3,5H2,1H3,(H3,14,15)(H,16,17). The van der Waals surface area contributed by atoms with E-state index >= 15 is 0 Å². The minimum absolute atomic E-state index is 0.0478. The lowest BCUT2D eigenvalue weighted by Crippen LogP contribution is -2.31. The van der Waals surface area contributed by atoms with Gasteiger partial charge in [0.05, 0.1) is 5.69 Å². The first kappa shape index (κ1) is 11.1. The highest BCUT2D eigenvalue weighted by atomic mass is 16.5. The number of rotatable bonds is 1. The molecule has 4 N–H and O–H groups in total. The number of carbonyl (C=O) groups is 1. The van der Waals surface area contributed by atoms with Gasteiger partial charge < -0.3 is 15.8 Å². The van der Waals surface area contributed by atoms with Crippen LogP contribution in [0, 0.1) is 12.3 Å². The van der Waals surface area contributed by atoms with E-state index in [4.69, 9.17) is 15.9 Å². The van der Waals surface area contributed by atoms with Crippen molar-refractivity contribution in [1.82, 2.24) is 0 Å². The van der Waals surface area contributed by atoms with Crippen molar-refractivity contribution in [3.63, 3.8) is 0 Å². The van der Waals surface area contributed by atoms with Crippen LogP contribution in [0.2, 0.25) is 0 Å². The summed E-state index contributed by atoms with van der Waals surface area (Å²) in [4.78, 5) is 11.4. The Bertz CT molecular complexity index is 566. The molecule has 0 saturated heterocycles. The molecule has 5 nitrogen and oxygen atoms in total. The molecular weight excluding hydrogens is 230 g/mol. The average Bonchev–Trinajstić information content (AvgIpc) is 2.73. The predicted octanol–water partition coefficient (Wildman–Crippen LogP) is 1.12. The van der Waals surface area contributed by atoms with Crippen molar-refractivity contribution in [2.24, 2.45) is 5.73 Å². The smallest absolute Gasteiger partial charge is 0.224 e. The van der Waals surface area contributed by atoms with E-state index in [2.05, 4.69) is 5.32 Å². The molecule has 2 aliphatic heterocycles. The molecule has 0 aromatic heterocycles. The number of benzene rings is 1. The second-order valence-electron chi connectivity index (χ2n) is 4.85. The van der Waals surface area contributed by atoms with E-state index in [1.54, 1.807) is 0 Å². The third-order valence-corrected chi connectivity index (χ3v) is 3.53. The summed E-state index contributed by atoms with van der Waals surface area (Å²) in [5.41, 5.74) is 9.55. The molecule has 0 spiro atoms. The quantitative estimate of drug-likeness (QED) is 0.511. The predicted molar refractivity (Wildman–Crippen MR) is 68.2 cm³/mol. The summed E-state index contributed by atoms with van der Waals surface area (Å²) in [6.45, 7) is 1.98. The van der Waals surface area contributed by atoms with Crippen LogP contribution in [0.5, 0.6) is 5.75 Å². The zero-order valence-corrected chi connectivity index (χ0v) is 10.2. The molecule has 0 bridgehead atoms. The van der Waals surface area contributed by atoms with Gasteiger partial charge in [-0.25, -0.2) is 0 Å². The Morgan fingerprint density at radius 1 is 1.56 bits per heavy atom. The summed E-state index contributed by atoms with van der Waals surface area (Å²) in [7, 11) is 0. The van der Waals surface area contributed by atoms with Gasteiger partial charge in [0.2, 0.25) is 5.91 Å². The number of anilines is 1. The molecule has 3 rings (SSSR count). The SMILES string of the molecule is Cc1cc2c(c3c1NC(=O)CC3)OC(C(=N)N)C2. The van der Waals surface area contributed by atoms with E-state index < -0.39 is 0 Å². The van der Waals surface area contributed by atoms with Crippen molar-refractivity contribution >= 4 is 17.4 Å². The number of hydrogen-bond donors (Lipinski definition) is 3. The molecule has 18 heavy (non-hydrogen) atoms. The Balaban J connectivity index is 2.08. The summed E-state index contributed by atoms with van der Waals surface area (Å²) in [6, 6.07) is 2.02. The van der Waals surface area contributed by atoms with E-state index in [0.717, 1.165) is 28.1 Å². The number of carbonyl (C=O) groups excluding carboxylic acids is 1. The number of amidine groups is 1.